The minimum atomic E-state index is -4.57. The van der Waals surface area contributed by atoms with E-state index in [9.17, 15) is 26.4 Å². The molecule has 0 atom stereocenters. The molecule has 0 spiro atoms. The summed E-state index contributed by atoms with van der Waals surface area (Å²) in [4.78, 5) is 25.4. The summed E-state index contributed by atoms with van der Waals surface area (Å²) in [7, 11) is -3.72. The number of hydrogen-bond acceptors (Lipinski definition) is 8. The third-order valence-corrected chi connectivity index (χ3v) is 9.10. The van der Waals surface area contributed by atoms with Crippen molar-refractivity contribution in [2.24, 2.45) is 0 Å². The molecule has 11 nitrogen and oxygen atoms in total. The molecule has 2 amide bonds. The topological polar surface area (TPSA) is 132 Å². The van der Waals surface area contributed by atoms with Crippen molar-refractivity contribution < 1.29 is 26.4 Å². The van der Waals surface area contributed by atoms with Crippen molar-refractivity contribution in [3.8, 4) is 0 Å². The first-order chi connectivity index (χ1) is 22.6. The summed E-state index contributed by atoms with van der Waals surface area (Å²) in [6.07, 6.45) is -2.91. The molecule has 15 heteroatoms. The summed E-state index contributed by atoms with van der Waals surface area (Å²) in [5.74, 6) is 0.840. The molecule has 254 valence electrons. The van der Waals surface area contributed by atoms with Gasteiger partial charge >= 0.3 is 12.2 Å². The Morgan fingerprint density at radius 2 is 1.54 bits per heavy atom. The van der Waals surface area contributed by atoms with Gasteiger partial charge in [-0.2, -0.15) is 18.2 Å². The first-order valence-corrected chi connectivity index (χ1v) is 16.6. The predicted molar refractivity (Wildman–Crippen MR) is 181 cm³/mol. The van der Waals surface area contributed by atoms with Crippen LogP contribution in [-0.2, 0) is 16.2 Å². The van der Waals surface area contributed by atoms with Crippen LogP contribution in [0, 0.1) is 6.92 Å². The fourth-order valence-corrected chi connectivity index (χ4v) is 6.52. The van der Waals surface area contributed by atoms with Crippen molar-refractivity contribution in [2.75, 3.05) is 47.0 Å². The van der Waals surface area contributed by atoms with Crippen LogP contribution in [0.25, 0.3) is 0 Å². The number of rotatable bonds is 8. The van der Waals surface area contributed by atoms with Gasteiger partial charge in [0.15, 0.2) is 0 Å². The van der Waals surface area contributed by atoms with Crippen LogP contribution < -0.4 is 25.6 Å². The molecule has 0 saturated carbocycles. The highest BCUT2D eigenvalue weighted by Crippen LogP contribution is 2.35. The van der Waals surface area contributed by atoms with Gasteiger partial charge in [-0.1, -0.05) is 18.2 Å². The Morgan fingerprint density at radius 1 is 0.854 bits per heavy atom. The normalized spacial score (nSPS) is 14.1. The van der Waals surface area contributed by atoms with Gasteiger partial charge in [0, 0.05) is 60.5 Å². The van der Waals surface area contributed by atoms with Gasteiger partial charge in [0.1, 0.15) is 5.82 Å². The number of carbonyl (C=O) groups is 1. The van der Waals surface area contributed by atoms with E-state index in [2.05, 4.69) is 35.5 Å². The molecule has 1 fully saturated rings. The second-order valence-electron chi connectivity index (χ2n) is 12.4. The van der Waals surface area contributed by atoms with Crippen molar-refractivity contribution in [1.82, 2.24) is 19.6 Å². The molecule has 5 rings (SSSR count). The lowest BCUT2D eigenvalue weighted by atomic mass is 10.1. The number of sulfonamides is 1. The number of aromatic nitrogens is 2. The lowest BCUT2D eigenvalue weighted by Gasteiger charge is -2.36. The van der Waals surface area contributed by atoms with E-state index in [1.807, 2.05) is 31.2 Å². The Balaban J connectivity index is 1.18. The molecule has 48 heavy (non-hydrogen) atoms. The van der Waals surface area contributed by atoms with Gasteiger partial charge in [-0.25, -0.2) is 22.9 Å². The van der Waals surface area contributed by atoms with Crippen molar-refractivity contribution in [2.45, 2.75) is 44.3 Å². The van der Waals surface area contributed by atoms with Crippen LogP contribution in [-0.4, -0.2) is 61.0 Å². The number of para-hydroxylation sites is 1. The number of halogens is 3. The first kappa shape index (κ1) is 34.4. The molecular formula is C33H37F3N8O3S. The van der Waals surface area contributed by atoms with Crippen LogP contribution in [0.2, 0.25) is 0 Å². The zero-order valence-corrected chi connectivity index (χ0v) is 27.7. The Kier molecular flexibility index (Phi) is 9.82. The van der Waals surface area contributed by atoms with E-state index in [4.69, 9.17) is 0 Å². The van der Waals surface area contributed by atoms with Gasteiger partial charge in [0.25, 0.3) is 0 Å². The standard InChI is InChI=1S/C33H37F3N8O3S/c1-22-21-37-30(41-29(22)38-24-8-7-9-26(20-24)48(46,47)42-32(2,3)4)39-23-12-14-25(15-13-23)43-16-18-44(19-17-43)31(45)40-28-11-6-5-10-27(28)33(34,35)36/h5-15,20-21,42H,16-19H2,1-4H3,(H,40,45)(H2,37,38,39,41). The molecule has 2 heterocycles. The number of amides is 2. The number of carbonyl (C=O) groups excluding carboxylic acids is 1. The summed E-state index contributed by atoms with van der Waals surface area (Å²) in [6.45, 7) is 8.87. The molecule has 1 aliphatic rings. The van der Waals surface area contributed by atoms with Crippen molar-refractivity contribution in [1.29, 1.82) is 0 Å². The Morgan fingerprint density at radius 3 is 2.21 bits per heavy atom. The third kappa shape index (κ3) is 8.72. The van der Waals surface area contributed by atoms with Crippen LogP contribution >= 0.6 is 0 Å². The SMILES string of the molecule is Cc1cnc(Nc2ccc(N3CCN(C(=O)Nc4ccccc4C(F)(F)F)CC3)cc2)nc1Nc1cccc(S(=O)(=O)NC(C)(C)C)c1. The van der Waals surface area contributed by atoms with Gasteiger partial charge in [0.05, 0.1) is 16.1 Å². The minimum absolute atomic E-state index is 0.129. The number of nitrogens with one attached hydrogen (secondary N) is 4. The van der Waals surface area contributed by atoms with Gasteiger partial charge in [-0.05, 0) is 82.3 Å². The summed E-state index contributed by atoms with van der Waals surface area (Å²) < 4.78 is 68.3. The number of nitrogens with zero attached hydrogens (tertiary/aromatic N) is 4. The van der Waals surface area contributed by atoms with E-state index in [1.165, 1.54) is 29.2 Å². The van der Waals surface area contributed by atoms with Crippen LogP contribution in [0.15, 0.2) is 83.9 Å². The molecule has 0 aliphatic carbocycles. The lowest BCUT2D eigenvalue weighted by Crippen LogP contribution is -2.50. The monoisotopic (exact) mass is 682 g/mol. The molecular weight excluding hydrogens is 645 g/mol. The van der Waals surface area contributed by atoms with Crippen LogP contribution in [0.3, 0.4) is 0 Å². The zero-order valence-electron chi connectivity index (χ0n) is 26.9. The summed E-state index contributed by atoms with van der Waals surface area (Å²) in [5, 5.41) is 8.77. The summed E-state index contributed by atoms with van der Waals surface area (Å²) in [5.41, 5.74) is 1.18. The maximum atomic E-state index is 13.3. The predicted octanol–water partition coefficient (Wildman–Crippen LogP) is 6.72. The van der Waals surface area contributed by atoms with Crippen molar-refractivity contribution in [3.63, 3.8) is 0 Å². The van der Waals surface area contributed by atoms with Crippen LogP contribution in [0.5, 0.6) is 0 Å². The molecule has 0 bridgehead atoms. The van der Waals surface area contributed by atoms with Gasteiger partial charge in [0.2, 0.25) is 16.0 Å². The maximum Gasteiger partial charge on any atom is 0.418 e. The molecule has 1 aromatic heterocycles. The number of anilines is 6. The number of alkyl halides is 3. The van der Waals surface area contributed by atoms with Gasteiger partial charge < -0.3 is 25.8 Å². The van der Waals surface area contributed by atoms with E-state index in [1.54, 1.807) is 45.2 Å². The molecule has 1 saturated heterocycles. The zero-order chi connectivity index (χ0) is 34.7. The second kappa shape index (κ2) is 13.7. The quantitative estimate of drug-likeness (QED) is 0.161. The average Bonchev–Trinajstić information content (AvgIpc) is 3.02. The van der Waals surface area contributed by atoms with E-state index in [0.29, 0.717) is 43.6 Å². The number of piperazine rings is 1. The largest absolute Gasteiger partial charge is 0.418 e. The van der Waals surface area contributed by atoms with Gasteiger partial charge in [-0.3, -0.25) is 0 Å². The van der Waals surface area contributed by atoms with E-state index >= 15 is 0 Å². The molecule has 4 N–H and O–H groups in total. The van der Waals surface area contributed by atoms with E-state index in [-0.39, 0.29) is 10.6 Å². The maximum absolute atomic E-state index is 13.3. The highest BCUT2D eigenvalue weighted by molar-refractivity contribution is 7.89. The fraction of sp³-hybridized carbons (Fsp3) is 0.303. The smallest absolute Gasteiger partial charge is 0.368 e. The molecule has 3 aromatic carbocycles. The summed E-state index contributed by atoms with van der Waals surface area (Å²) in [6, 6.07) is 18.4. The Labute approximate surface area is 277 Å². The Hall–Kier alpha value is -4.89. The Bertz CT molecular complexity index is 1870. The van der Waals surface area contributed by atoms with E-state index < -0.39 is 33.3 Å². The second-order valence-corrected chi connectivity index (χ2v) is 14.0. The third-order valence-electron chi connectivity index (χ3n) is 7.35. The highest BCUT2D eigenvalue weighted by Gasteiger charge is 2.34. The van der Waals surface area contributed by atoms with Crippen molar-refractivity contribution in [3.05, 3.63) is 90.1 Å². The fourth-order valence-electron chi connectivity index (χ4n) is 5.05. The number of urea groups is 1. The summed E-state index contributed by atoms with van der Waals surface area (Å²) >= 11 is 0. The van der Waals surface area contributed by atoms with Crippen molar-refractivity contribution >= 4 is 50.6 Å². The number of hydrogen-bond donors (Lipinski definition) is 4. The first-order valence-electron chi connectivity index (χ1n) is 15.2. The number of benzene rings is 3. The average molecular weight is 683 g/mol. The molecule has 1 aliphatic heterocycles. The highest BCUT2D eigenvalue weighted by atomic mass is 32.2. The van der Waals surface area contributed by atoms with E-state index in [0.717, 1.165) is 23.0 Å². The number of aryl methyl sites for hydroxylation is 1. The van der Waals surface area contributed by atoms with Gasteiger partial charge in [-0.15, -0.1) is 0 Å². The molecule has 0 unspecified atom stereocenters. The van der Waals surface area contributed by atoms with Crippen LogP contribution in [0.4, 0.5) is 52.5 Å². The minimum Gasteiger partial charge on any atom is -0.368 e. The van der Waals surface area contributed by atoms with Crippen LogP contribution in [0.1, 0.15) is 31.9 Å². The molecule has 0 radical (unpaired) electrons. The molecule has 4 aromatic rings. The lowest BCUT2D eigenvalue weighted by molar-refractivity contribution is -0.136.